The number of hydrogen-bond donors (Lipinski definition) is 3. The maximum absolute atomic E-state index is 11.8. The quantitative estimate of drug-likeness (QED) is 0.735. The van der Waals surface area contributed by atoms with Crippen LogP contribution in [-0.2, 0) is 4.79 Å². The molecule has 1 aliphatic carbocycles. The molecule has 2 aliphatic rings. The van der Waals surface area contributed by atoms with Gasteiger partial charge in [-0.05, 0) is 36.7 Å². The van der Waals surface area contributed by atoms with E-state index in [2.05, 4.69) is 10.6 Å². The Morgan fingerprint density at radius 3 is 2.68 bits per heavy atom. The first-order valence-corrected chi connectivity index (χ1v) is 8.17. The second-order valence-electron chi connectivity index (χ2n) is 5.42. The van der Waals surface area contributed by atoms with Crippen molar-refractivity contribution in [3.05, 3.63) is 0 Å². The Hall–Kier alpha value is -0.910. The maximum atomic E-state index is 11.8. The van der Waals surface area contributed by atoms with Gasteiger partial charge in [0.25, 0.3) is 0 Å². The molecule has 108 valence electrons. The molecular formula is C13H22N2O3S. The van der Waals surface area contributed by atoms with Crippen molar-refractivity contribution in [1.82, 2.24) is 10.6 Å². The van der Waals surface area contributed by atoms with Crippen LogP contribution in [0.2, 0.25) is 0 Å². The van der Waals surface area contributed by atoms with E-state index in [1.54, 1.807) is 0 Å². The number of nitrogens with one attached hydrogen (secondary N) is 2. The fourth-order valence-corrected chi connectivity index (χ4v) is 4.08. The van der Waals surface area contributed by atoms with Crippen LogP contribution in [0.15, 0.2) is 0 Å². The molecular weight excluding hydrogens is 264 g/mol. The molecule has 3 N–H and O–H groups in total. The third kappa shape index (κ3) is 4.30. The summed E-state index contributed by atoms with van der Waals surface area (Å²) in [4.78, 5) is 23.0. The molecule has 6 heteroatoms. The summed E-state index contributed by atoms with van der Waals surface area (Å²) in [5, 5.41) is 14.9. The van der Waals surface area contributed by atoms with Gasteiger partial charge in [0, 0.05) is 12.6 Å². The van der Waals surface area contributed by atoms with E-state index < -0.39 is 11.9 Å². The van der Waals surface area contributed by atoms with Gasteiger partial charge in [-0.2, -0.15) is 11.8 Å². The molecule has 0 bridgehead atoms. The Labute approximate surface area is 117 Å². The van der Waals surface area contributed by atoms with Crippen molar-refractivity contribution in [3.8, 4) is 0 Å². The zero-order chi connectivity index (χ0) is 13.7. The number of amides is 2. The minimum atomic E-state index is -0.794. The number of hydrogen-bond acceptors (Lipinski definition) is 3. The third-order valence-electron chi connectivity index (χ3n) is 3.97. The van der Waals surface area contributed by atoms with Crippen LogP contribution in [-0.4, -0.2) is 41.2 Å². The van der Waals surface area contributed by atoms with Crippen LogP contribution in [0.25, 0.3) is 0 Å². The van der Waals surface area contributed by atoms with E-state index in [0.29, 0.717) is 18.9 Å². The van der Waals surface area contributed by atoms with Crippen LogP contribution in [0.1, 0.15) is 32.1 Å². The molecule has 3 unspecified atom stereocenters. The van der Waals surface area contributed by atoms with Gasteiger partial charge in [0.1, 0.15) is 0 Å². The molecule has 1 aliphatic heterocycles. The fraction of sp³-hybridized carbons (Fsp3) is 0.846. The molecule has 0 radical (unpaired) electrons. The van der Waals surface area contributed by atoms with Crippen molar-refractivity contribution in [1.29, 1.82) is 0 Å². The lowest BCUT2D eigenvalue weighted by atomic mass is 9.84. The highest BCUT2D eigenvalue weighted by Gasteiger charge is 2.31. The van der Waals surface area contributed by atoms with Crippen molar-refractivity contribution in [2.24, 2.45) is 11.8 Å². The summed E-state index contributed by atoms with van der Waals surface area (Å²) < 4.78 is 0. The maximum Gasteiger partial charge on any atom is 0.315 e. The van der Waals surface area contributed by atoms with Gasteiger partial charge in [0.2, 0.25) is 0 Å². The monoisotopic (exact) mass is 286 g/mol. The highest BCUT2D eigenvalue weighted by Crippen LogP contribution is 2.25. The van der Waals surface area contributed by atoms with Gasteiger partial charge in [-0.3, -0.25) is 4.79 Å². The molecule has 0 spiro atoms. The van der Waals surface area contributed by atoms with Gasteiger partial charge in [-0.25, -0.2) is 4.79 Å². The Morgan fingerprint density at radius 2 is 2.00 bits per heavy atom. The average Bonchev–Trinajstić information content (AvgIpc) is 2.90. The Bertz CT molecular complexity index is 332. The molecule has 2 rings (SSSR count). The van der Waals surface area contributed by atoms with E-state index in [4.69, 9.17) is 5.11 Å². The van der Waals surface area contributed by atoms with Crippen LogP contribution in [0.5, 0.6) is 0 Å². The van der Waals surface area contributed by atoms with Crippen molar-refractivity contribution in [2.45, 2.75) is 38.1 Å². The van der Waals surface area contributed by atoms with Gasteiger partial charge in [-0.15, -0.1) is 0 Å². The summed E-state index contributed by atoms with van der Waals surface area (Å²) in [6, 6.07) is -0.431. The lowest BCUT2D eigenvalue weighted by molar-refractivity contribution is -0.143. The van der Waals surface area contributed by atoms with E-state index in [-0.39, 0.29) is 12.1 Å². The summed E-state index contributed by atoms with van der Waals surface area (Å²) in [6.07, 6.45) is 4.53. The summed E-state index contributed by atoms with van der Waals surface area (Å²) in [6.45, 7) is 0.698. The molecule has 2 fully saturated rings. The number of urea groups is 1. The predicted octanol–water partition coefficient (Wildman–Crippen LogP) is 1.68. The lowest BCUT2D eigenvalue weighted by Gasteiger charge is -2.29. The van der Waals surface area contributed by atoms with E-state index in [1.807, 2.05) is 11.8 Å². The summed E-state index contributed by atoms with van der Waals surface area (Å²) in [7, 11) is 0. The smallest absolute Gasteiger partial charge is 0.315 e. The lowest BCUT2D eigenvalue weighted by Crippen LogP contribution is -2.49. The van der Waals surface area contributed by atoms with Crippen molar-refractivity contribution in [2.75, 3.05) is 18.1 Å². The number of rotatable bonds is 4. The second-order valence-corrected chi connectivity index (χ2v) is 6.57. The fourth-order valence-electron chi connectivity index (χ4n) is 2.80. The normalized spacial score (nSPS) is 30.8. The van der Waals surface area contributed by atoms with Crippen LogP contribution >= 0.6 is 11.8 Å². The highest BCUT2D eigenvalue weighted by atomic mass is 32.2. The number of carboxylic acids is 1. The highest BCUT2D eigenvalue weighted by molar-refractivity contribution is 7.99. The Balaban J connectivity index is 1.74. The van der Waals surface area contributed by atoms with Crippen molar-refractivity contribution >= 4 is 23.8 Å². The van der Waals surface area contributed by atoms with E-state index >= 15 is 0 Å². The van der Waals surface area contributed by atoms with Crippen LogP contribution in [0.3, 0.4) is 0 Å². The van der Waals surface area contributed by atoms with Gasteiger partial charge in [0.15, 0.2) is 0 Å². The minimum absolute atomic E-state index is 0.213. The van der Waals surface area contributed by atoms with Crippen molar-refractivity contribution in [3.63, 3.8) is 0 Å². The second kappa shape index (κ2) is 7.03. The molecule has 5 nitrogen and oxygen atoms in total. The summed E-state index contributed by atoms with van der Waals surface area (Å²) in [5.41, 5.74) is 0. The van der Waals surface area contributed by atoms with Crippen LogP contribution in [0.4, 0.5) is 4.79 Å². The first-order chi connectivity index (χ1) is 9.16. The van der Waals surface area contributed by atoms with Crippen LogP contribution < -0.4 is 10.6 Å². The standard InChI is InChI=1S/C13H22N2O3S/c16-12(17)10-3-1-2-4-11(10)15-13(18)14-7-9-5-6-19-8-9/h9-11H,1-8H2,(H,16,17)(H2,14,15,18). The predicted molar refractivity (Wildman–Crippen MR) is 75.3 cm³/mol. The Kier molecular flexibility index (Phi) is 5.36. The zero-order valence-corrected chi connectivity index (χ0v) is 11.9. The zero-order valence-electron chi connectivity index (χ0n) is 11.1. The van der Waals surface area contributed by atoms with Crippen molar-refractivity contribution < 1.29 is 14.7 Å². The molecule has 1 saturated heterocycles. The van der Waals surface area contributed by atoms with Gasteiger partial charge < -0.3 is 15.7 Å². The molecule has 1 saturated carbocycles. The van der Waals surface area contributed by atoms with Gasteiger partial charge >= 0.3 is 12.0 Å². The van der Waals surface area contributed by atoms with E-state index in [1.165, 1.54) is 5.75 Å². The number of carbonyl (C=O) groups is 2. The molecule has 3 atom stereocenters. The minimum Gasteiger partial charge on any atom is -0.481 e. The topological polar surface area (TPSA) is 78.4 Å². The Morgan fingerprint density at radius 1 is 1.21 bits per heavy atom. The summed E-state index contributed by atoms with van der Waals surface area (Å²) >= 11 is 1.92. The SMILES string of the molecule is O=C(NCC1CCSC1)NC1CCCCC1C(=O)O. The average molecular weight is 286 g/mol. The molecule has 0 aromatic rings. The largest absolute Gasteiger partial charge is 0.481 e. The van der Waals surface area contributed by atoms with E-state index in [0.717, 1.165) is 31.4 Å². The molecule has 0 aromatic carbocycles. The molecule has 0 aromatic heterocycles. The van der Waals surface area contributed by atoms with Crippen LogP contribution in [0, 0.1) is 11.8 Å². The first-order valence-electron chi connectivity index (χ1n) is 7.01. The molecule has 1 heterocycles. The van der Waals surface area contributed by atoms with E-state index in [9.17, 15) is 9.59 Å². The number of thioether (sulfide) groups is 1. The first kappa shape index (κ1) is 14.5. The van der Waals surface area contributed by atoms with Gasteiger partial charge in [-0.1, -0.05) is 12.8 Å². The van der Waals surface area contributed by atoms with Gasteiger partial charge in [0.05, 0.1) is 5.92 Å². The number of carboxylic acid groups (broad SMARTS) is 1. The number of carbonyl (C=O) groups excluding carboxylic acids is 1. The summed E-state index contributed by atoms with van der Waals surface area (Å²) in [5.74, 6) is 1.63. The molecule has 19 heavy (non-hydrogen) atoms. The number of aliphatic carboxylic acids is 1. The third-order valence-corrected chi connectivity index (χ3v) is 5.21. The molecule has 2 amide bonds.